The van der Waals surface area contributed by atoms with Crippen LogP contribution in [0.2, 0.25) is 0 Å². The summed E-state index contributed by atoms with van der Waals surface area (Å²) >= 11 is 0.912. The number of nitrogen functional groups attached to an aromatic ring is 1. The number of carbonyl (C=O) groups is 1. The number of carbonyl (C=O) groups excluding carboxylic acids is 1. The molecule has 0 aliphatic carbocycles. The van der Waals surface area contributed by atoms with E-state index in [1.165, 1.54) is 12.3 Å². The second kappa shape index (κ2) is 6.71. The van der Waals surface area contributed by atoms with Crippen LogP contribution in [0, 0.1) is 11.6 Å². The molecule has 0 radical (unpaired) electrons. The van der Waals surface area contributed by atoms with E-state index < -0.39 is 17.5 Å². The first-order valence-electron chi connectivity index (χ1n) is 6.94. The number of thiazole rings is 1. The van der Waals surface area contributed by atoms with Gasteiger partial charge < -0.3 is 11.1 Å². The quantitative estimate of drug-likeness (QED) is 0.761. The lowest BCUT2D eigenvalue weighted by atomic mass is 10.2. The molecule has 0 bridgehead atoms. The van der Waals surface area contributed by atoms with Gasteiger partial charge in [0, 0.05) is 0 Å². The molecule has 3 rings (SSSR count). The fourth-order valence-electron chi connectivity index (χ4n) is 2.05. The van der Waals surface area contributed by atoms with Gasteiger partial charge in [-0.25, -0.2) is 18.7 Å². The zero-order valence-corrected chi connectivity index (χ0v) is 13.1. The molecule has 0 fully saturated rings. The Kier molecular flexibility index (Phi) is 4.48. The molecule has 0 aliphatic heterocycles. The highest BCUT2D eigenvalue weighted by Gasteiger charge is 2.17. The molecule has 1 aromatic carbocycles. The number of nitrogens with one attached hydrogen (secondary N) is 1. The van der Waals surface area contributed by atoms with Crippen LogP contribution in [-0.2, 0) is 6.54 Å². The van der Waals surface area contributed by atoms with Crippen LogP contribution in [0.4, 0.5) is 14.6 Å². The zero-order valence-electron chi connectivity index (χ0n) is 12.3. The third-order valence-electron chi connectivity index (χ3n) is 3.16. The number of amides is 1. The molecule has 0 saturated heterocycles. The summed E-state index contributed by atoms with van der Waals surface area (Å²) in [6, 6.07) is 8.66. The van der Waals surface area contributed by atoms with Crippen molar-refractivity contribution < 1.29 is 13.6 Å². The van der Waals surface area contributed by atoms with E-state index in [1.54, 1.807) is 18.2 Å². The van der Waals surface area contributed by atoms with Gasteiger partial charge in [-0.3, -0.25) is 4.79 Å². The average Bonchev–Trinajstić information content (AvgIpc) is 3.02. The second-order valence-corrected chi connectivity index (χ2v) is 5.89. The standard InChI is InChI=1S/C16H12F2N4OS/c17-10-4-2-5-11(18)14(10)16-21-8-12(24-16)15(23)20-7-9-3-1-6-13(19)22-9/h1-6,8H,7H2,(H2,19,22)(H,20,23). The van der Waals surface area contributed by atoms with Crippen LogP contribution in [0.1, 0.15) is 15.4 Å². The molecule has 2 aromatic heterocycles. The number of benzene rings is 1. The molecule has 0 atom stereocenters. The highest BCUT2D eigenvalue weighted by molar-refractivity contribution is 7.16. The van der Waals surface area contributed by atoms with Crippen molar-refractivity contribution in [2.45, 2.75) is 6.54 Å². The van der Waals surface area contributed by atoms with Crippen LogP contribution in [-0.4, -0.2) is 15.9 Å². The second-order valence-electron chi connectivity index (χ2n) is 4.86. The monoisotopic (exact) mass is 346 g/mol. The third kappa shape index (κ3) is 3.38. The number of nitrogens with two attached hydrogens (primary N) is 1. The molecule has 8 heteroatoms. The lowest BCUT2D eigenvalue weighted by Crippen LogP contribution is -2.22. The van der Waals surface area contributed by atoms with Crippen molar-refractivity contribution in [1.82, 2.24) is 15.3 Å². The molecule has 5 nitrogen and oxygen atoms in total. The Morgan fingerprint density at radius 3 is 2.58 bits per heavy atom. The SMILES string of the molecule is Nc1cccc(CNC(=O)c2cnc(-c3c(F)cccc3F)s2)n1. The van der Waals surface area contributed by atoms with Crippen LogP contribution in [0.5, 0.6) is 0 Å². The van der Waals surface area contributed by atoms with Gasteiger partial charge in [-0.1, -0.05) is 12.1 Å². The van der Waals surface area contributed by atoms with Gasteiger partial charge in [0.25, 0.3) is 5.91 Å². The van der Waals surface area contributed by atoms with Crippen molar-refractivity contribution in [1.29, 1.82) is 0 Å². The Balaban J connectivity index is 1.74. The minimum atomic E-state index is -0.722. The van der Waals surface area contributed by atoms with Gasteiger partial charge in [0.1, 0.15) is 27.3 Å². The van der Waals surface area contributed by atoms with Gasteiger partial charge >= 0.3 is 0 Å². The maximum atomic E-state index is 13.8. The van der Waals surface area contributed by atoms with Gasteiger partial charge in [0.2, 0.25) is 0 Å². The Morgan fingerprint density at radius 2 is 1.88 bits per heavy atom. The molecule has 24 heavy (non-hydrogen) atoms. The van der Waals surface area contributed by atoms with Crippen molar-refractivity contribution in [2.75, 3.05) is 5.73 Å². The molecule has 1 amide bonds. The van der Waals surface area contributed by atoms with E-state index in [-0.39, 0.29) is 22.0 Å². The predicted molar refractivity (Wildman–Crippen MR) is 87.3 cm³/mol. The molecule has 0 spiro atoms. The van der Waals surface area contributed by atoms with Gasteiger partial charge in [-0.2, -0.15) is 0 Å². The van der Waals surface area contributed by atoms with Crippen LogP contribution < -0.4 is 11.1 Å². The Labute approximate surface area is 140 Å². The first-order valence-corrected chi connectivity index (χ1v) is 7.76. The number of anilines is 1. The Hall–Kier alpha value is -2.87. The van der Waals surface area contributed by atoms with Crippen molar-refractivity contribution in [3.63, 3.8) is 0 Å². The molecule has 3 aromatic rings. The van der Waals surface area contributed by atoms with Crippen LogP contribution in [0.15, 0.2) is 42.6 Å². The first-order chi connectivity index (χ1) is 11.5. The molecule has 0 saturated carbocycles. The number of hydrogen-bond acceptors (Lipinski definition) is 5. The van der Waals surface area contributed by atoms with E-state index in [2.05, 4.69) is 15.3 Å². The summed E-state index contributed by atoms with van der Waals surface area (Å²) in [6.07, 6.45) is 1.29. The lowest BCUT2D eigenvalue weighted by molar-refractivity contribution is 0.0954. The van der Waals surface area contributed by atoms with E-state index in [0.29, 0.717) is 11.5 Å². The van der Waals surface area contributed by atoms with E-state index >= 15 is 0 Å². The fourth-order valence-corrected chi connectivity index (χ4v) is 2.93. The Morgan fingerprint density at radius 1 is 1.17 bits per heavy atom. The van der Waals surface area contributed by atoms with E-state index in [0.717, 1.165) is 23.5 Å². The summed E-state index contributed by atoms with van der Waals surface area (Å²) in [5.41, 5.74) is 5.94. The molecule has 0 unspecified atom stereocenters. The third-order valence-corrected chi connectivity index (χ3v) is 4.18. The minimum absolute atomic E-state index is 0.109. The van der Waals surface area contributed by atoms with Gasteiger partial charge in [0.05, 0.1) is 24.0 Å². The van der Waals surface area contributed by atoms with Crippen molar-refractivity contribution in [3.05, 3.63) is 64.8 Å². The van der Waals surface area contributed by atoms with Crippen molar-refractivity contribution in [2.24, 2.45) is 0 Å². The zero-order chi connectivity index (χ0) is 17.1. The highest BCUT2D eigenvalue weighted by Crippen LogP contribution is 2.29. The summed E-state index contributed by atoms with van der Waals surface area (Å²) in [6.45, 7) is 0.186. The van der Waals surface area contributed by atoms with E-state index in [9.17, 15) is 13.6 Å². The molecule has 2 heterocycles. The topological polar surface area (TPSA) is 80.9 Å². The maximum Gasteiger partial charge on any atom is 0.263 e. The molecular weight excluding hydrogens is 334 g/mol. The van der Waals surface area contributed by atoms with Crippen molar-refractivity contribution >= 4 is 23.1 Å². The summed E-state index contributed by atoms with van der Waals surface area (Å²) in [5, 5.41) is 2.77. The summed E-state index contributed by atoms with van der Waals surface area (Å²) < 4.78 is 27.5. The summed E-state index contributed by atoms with van der Waals surface area (Å²) in [4.78, 5) is 20.4. The minimum Gasteiger partial charge on any atom is -0.384 e. The normalized spacial score (nSPS) is 10.6. The number of rotatable bonds is 4. The van der Waals surface area contributed by atoms with Gasteiger partial charge in [-0.15, -0.1) is 11.3 Å². The smallest absolute Gasteiger partial charge is 0.263 e. The first kappa shape index (κ1) is 16.0. The van der Waals surface area contributed by atoms with Crippen molar-refractivity contribution in [3.8, 4) is 10.6 Å². The predicted octanol–water partition coefficient (Wildman–Crippen LogP) is 3.00. The maximum absolute atomic E-state index is 13.8. The lowest BCUT2D eigenvalue weighted by Gasteiger charge is -2.03. The number of halogens is 2. The molecule has 0 aliphatic rings. The Bertz CT molecular complexity index is 877. The number of aromatic nitrogens is 2. The van der Waals surface area contributed by atoms with Gasteiger partial charge in [0.15, 0.2) is 0 Å². The van der Waals surface area contributed by atoms with E-state index in [4.69, 9.17) is 5.73 Å². The van der Waals surface area contributed by atoms with Crippen LogP contribution >= 0.6 is 11.3 Å². The number of hydrogen-bond donors (Lipinski definition) is 2. The summed E-state index contributed by atoms with van der Waals surface area (Å²) in [5.74, 6) is -1.49. The molecule has 122 valence electrons. The number of nitrogens with zero attached hydrogens (tertiary/aromatic N) is 2. The highest BCUT2D eigenvalue weighted by atomic mass is 32.1. The van der Waals surface area contributed by atoms with Crippen LogP contribution in [0.25, 0.3) is 10.6 Å². The molecule has 3 N–H and O–H groups in total. The average molecular weight is 346 g/mol. The number of pyridine rings is 1. The van der Waals surface area contributed by atoms with Gasteiger partial charge in [-0.05, 0) is 24.3 Å². The fraction of sp³-hybridized carbons (Fsp3) is 0.0625. The van der Waals surface area contributed by atoms with E-state index in [1.807, 2.05) is 0 Å². The summed E-state index contributed by atoms with van der Waals surface area (Å²) in [7, 11) is 0. The largest absolute Gasteiger partial charge is 0.384 e. The van der Waals surface area contributed by atoms with Crippen LogP contribution in [0.3, 0.4) is 0 Å². The molecular formula is C16H12F2N4OS.